The van der Waals surface area contributed by atoms with Gasteiger partial charge >= 0.3 is 0 Å². The second-order valence-electron chi connectivity index (χ2n) is 5.39. The van der Waals surface area contributed by atoms with E-state index in [-0.39, 0.29) is 29.9 Å². The van der Waals surface area contributed by atoms with Crippen molar-refractivity contribution in [2.24, 2.45) is 0 Å². The van der Waals surface area contributed by atoms with Crippen molar-refractivity contribution in [1.82, 2.24) is 16.2 Å². The van der Waals surface area contributed by atoms with Crippen LogP contribution in [0.15, 0.2) is 47.1 Å². The molecule has 25 heavy (non-hydrogen) atoms. The average Bonchev–Trinajstić information content (AvgIpc) is 3.18. The molecule has 7 heteroatoms. The fourth-order valence-corrected chi connectivity index (χ4v) is 2.10. The molecule has 0 radical (unpaired) electrons. The van der Waals surface area contributed by atoms with Gasteiger partial charge in [-0.25, -0.2) is 0 Å². The number of hydrazine groups is 1. The molecule has 0 unspecified atom stereocenters. The zero-order valence-electron chi connectivity index (χ0n) is 14.0. The van der Waals surface area contributed by atoms with Gasteiger partial charge in [-0.1, -0.05) is 19.1 Å². The number of amides is 3. The summed E-state index contributed by atoms with van der Waals surface area (Å²) in [5.74, 6) is -0.798. The van der Waals surface area contributed by atoms with E-state index in [1.54, 1.807) is 24.3 Å². The van der Waals surface area contributed by atoms with Crippen molar-refractivity contribution in [1.29, 1.82) is 0 Å². The summed E-state index contributed by atoms with van der Waals surface area (Å²) in [6, 6.07) is 10.4. The maximum Gasteiger partial charge on any atom is 0.286 e. The maximum atomic E-state index is 11.9. The number of aryl methyl sites for hydroxylation is 1. The molecule has 7 nitrogen and oxygen atoms in total. The molecule has 132 valence electrons. The van der Waals surface area contributed by atoms with Crippen LogP contribution in [0.2, 0.25) is 0 Å². The van der Waals surface area contributed by atoms with Crippen molar-refractivity contribution < 1.29 is 18.8 Å². The third-order valence-corrected chi connectivity index (χ3v) is 3.55. The van der Waals surface area contributed by atoms with Gasteiger partial charge in [0.15, 0.2) is 5.76 Å². The predicted molar refractivity (Wildman–Crippen MR) is 91.7 cm³/mol. The number of carbonyl (C=O) groups excluding carboxylic acids is 3. The van der Waals surface area contributed by atoms with Gasteiger partial charge in [-0.05, 0) is 42.7 Å². The van der Waals surface area contributed by atoms with Crippen LogP contribution in [0.1, 0.15) is 46.2 Å². The Balaban J connectivity index is 1.63. The minimum absolute atomic E-state index is 0.174. The van der Waals surface area contributed by atoms with Gasteiger partial charge < -0.3 is 9.73 Å². The van der Waals surface area contributed by atoms with Gasteiger partial charge in [0.2, 0.25) is 5.91 Å². The first kappa shape index (κ1) is 18.3. The summed E-state index contributed by atoms with van der Waals surface area (Å²) < 4.78 is 4.96. The molecule has 0 aliphatic carbocycles. The van der Waals surface area contributed by atoms with Crippen LogP contribution in [0.25, 0.3) is 0 Å². The number of rotatable bonds is 7. The van der Waals surface area contributed by atoms with Gasteiger partial charge in [-0.15, -0.1) is 0 Å². The fourth-order valence-electron chi connectivity index (χ4n) is 2.10. The maximum absolute atomic E-state index is 11.9. The fraction of sp³-hybridized carbons (Fsp3) is 0.278. The van der Waals surface area contributed by atoms with Crippen LogP contribution in [-0.2, 0) is 11.2 Å². The number of hydrogen-bond donors (Lipinski definition) is 3. The van der Waals surface area contributed by atoms with E-state index >= 15 is 0 Å². The van der Waals surface area contributed by atoms with Crippen molar-refractivity contribution >= 4 is 17.7 Å². The number of hydrogen-bond acceptors (Lipinski definition) is 4. The summed E-state index contributed by atoms with van der Waals surface area (Å²) in [5, 5.41) is 2.64. The Morgan fingerprint density at radius 2 is 1.76 bits per heavy atom. The van der Waals surface area contributed by atoms with Crippen LogP contribution in [0.3, 0.4) is 0 Å². The largest absolute Gasteiger partial charge is 0.459 e. The number of furan rings is 1. The Labute approximate surface area is 145 Å². The predicted octanol–water partition coefficient (Wildman–Crippen LogP) is 1.81. The summed E-state index contributed by atoms with van der Waals surface area (Å²) in [7, 11) is 0. The lowest BCUT2D eigenvalue weighted by atomic mass is 10.1. The van der Waals surface area contributed by atoms with Gasteiger partial charge in [0, 0.05) is 18.5 Å². The second kappa shape index (κ2) is 9.27. The summed E-state index contributed by atoms with van der Waals surface area (Å²) in [4.78, 5) is 35.2. The Bertz CT molecular complexity index is 708. The molecule has 3 amide bonds. The molecule has 0 atom stereocenters. The Morgan fingerprint density at radius 1 is 1.00 bits per heavy atom. The molecule has 3 N–H and O–H groups in total. The van der Waals surface area contributed by atoms with Crippen LogP contribution in [-0.4, -0.2) is 24.3 Å². The van der Waals surface area contributed by atoms with E-state index in [9.17, 15) is 14.4 Å². The van der Waals surface area contributed by atoms with Gasteiger partial charge in [-0.3, -0.25) is 25.2 Å². The lowest BCUT2D eigenvalue weighted by Gasteiger charge is -2.08. The van der Waals surface area contributed by atoms with Gasteiger partial charge in [0.05, 0.1) is 6.26 Å². The van der Waals surface area contributed by atoms with Crippen LogP contribution in [0.5, 0.6) is 0 Å². The summed E-state index contributed by atoms with van der Waals surface area (Å²) in [5.41, 5.74) is 6.33. The second-order valence-corrected chi connectivity index (χ2v) is 5.39. The third kappa shape index (κ3) is 5.80. The molecule has 0 aliphatic rings. The minimum atomic E-state index is -0.373. The Hall–Kier alpha value is -3.09. The van der Waals surface area contributed by atoms with Crippen molar-refractivity contribution in [2.75, 3.05) is 6.54 Å². The standard InChI is InChI=1S/C18H21N3O4/c1-2-13-7-9-14(10-8-13)17(23)21-20-16(22)6-3-11-19-18(24)15-5-4-12-25-15/h4-5,7-10,12H,2-3,6,11H2,1H3,(H,19,24)(H,20,22)(H,21,23). The third-order valence-electron chi connectivity index (χ3n) is 3.55. The molecular formula is C18H21N3O4. The first-order valence-corrected chi connectivity index (χ1v) is 8.10. The number of nitrogens with one attached hydrogen (secondary N) is 3. The average molecular weight is 343 g/mol. The molecule has 0 spiro atoms. The highest BCUT2D eigenvalue weighted by molar-refractivity contribution is 5.95. The lowest BCUT2D eigenvalue weighted by Crippen LogP contribution is -2.41. The zero-order chi connectivity index (χ0) is 18.1. The Morgan fingerprint density at radius 3 is 2.40 bits per heavy atom. The number of benzene rings is 1. The van der Waals surface area contributed by atoms with Gasteiger partial charge in [0.1, 0.15) is 0 Å². The van der Waals surface area contributed by atoms with Crippen LogP contribution in [0.4, 0.5) is 0 Å². The van der Waals surface area contributed by atoms with E-state index in [4.69, 9.17) is 4.42 Å². The highest BCUT2D eigenvalue weighted by atomic mass is 16.3. The summed E-state index contributed by atoms with van der Waals surface area (Å²) in [6.07, 6.45) is 2.93. The summed E-state index contributed by atoms with van der Waals surface area (Å²) >= 11 is 0. The van der Waals surface area contributed by atoms with E-state index in [1.807, 2.05) is 19.1 Å². The molecule has 1 aromatic heterocycles. The van der Waals surface area contributed by atoms with E-state index in [0.29, 0.717) is 18.5 Å². The molecule has 2 aromatic rings. The highest BCUT2D eigenvalue weighted by Gasteiger charge is 2.09. The normalized spacial score (nSPS) is 10.1. The monoisotopic (exact) mass is 343 g/mol. The molecule has 0 bridgehead atoms. The van der Waals surface area contributed by atoms with Crippen molar-refractivity contribution in [3.05, 3.63) is 59.5 Å². The van der Waals surface area contributed by atoms with Crippen LogP contribution >= 0.6 is 0 Å². The lowest BCUT2D eigenvalue weighted by molar-refractivity contribution is -0.121. The smallest absolute Gasteiger partial charge is 0.286 e. The highest BCUT2D eigenvalue weighted by Crippen LogP contribution is 2.04. The zero-order valence-corrected chi connectivity index (χ0v) is 14.0. The molecule has 0 fully saturated rings. The molecular weight excluding hydrogens is 322 g/mol. The minimum Gasteiger partial charge on any atom is -0.459 e. The van der Waals surface area contributed by atoms with E-state index in [2.05, 4.69) is 16.2 Å². The molecule has 1 aromatic carbocycles. The van der Waals surface area contributed by atoms with Crippen molar-refractivity contribution in [3.63, 3.8) is 0 Å². The van der Waals surface area contributed by atoms with E-state index in [0.717, 1.165) is 12.0 Å². The Kier molecular flexibility index (Phi) is 6.76. The van der Waals surface area contributed by atoms with E-state index < -0.39 is 0 Å². The van der Waals surface area contributed by atoms with Crippen LogP contribution < -0.4 is 16.2 Å². The number of carbonyl (C=O) groups is 3. The first-order valence-electron chi connectivity index (χ1n) is 8.10. The molecule has 1 heterocycles. The molecule has 2 rings (SSSR count). The molecule has 0 aliphatic heterocycles. The molecule has 0 saturated carbocycles. The SMILES string of the molecule is CCc1ccc(C(=O)NNC(=O)CCCNC(=O)c2ccco2)cc1. The molecule has 0 saturated heterocycles. The van der Waals surface area contributed by atoms with Crippen molar-refractivity contribution in [2.45, 2.75) is 26.2 Å². The van der Waals surface area contributed by atoms with Crippen LogP contribution in [0, 0.1) is 0 Å². The van der Waals surface area contributed by atoms with Crippen molar-refractivity contribution in [3.8, 4) is 0 Å². The van der Waals surface area contributed by atoms with Gasteiger partial charge in [-0.2, -0.15) is 0 Å². The quantitative estimate of drug-likeness (QED) is 0.527. The summed E-state index contributed by atoms with van der Waals surface area (Å²) in [6.45, 7) is 2.37. The van der Waals surface area contributed by atoms with Gasteiger partial charge in [0.25, 0.3) is 11.8 Å². The first-order chi connectivity index (χ1) is 12.1. The topological polar surface area (TPSA) is 100 Å². The van der Waals surface area contributed by atoms with E-state index in [1.165, 1.54) is 6.26 Å².